The number of hydrogen-bond donors (Lipinski definition) is 9. The maximum atomic E-state index is 13.5. The van der Waals surface area contributed by atoms with Gasteiger partial charge in [0.15, 0.2) is 5.54 Å². The summed E-state index contributed by atoms with van der Waals surface area (Å²) in [6.45, 7) is 13.1. The van der Waals surface area contributed by atoms with Crippen LogP contribution in [0.2, 0.25) is 0 Å². The minimum Gasteiger partial charge on any atom is -0.383 e. The zero-order valence-electron chi connectivity index (χ0n) is 58.0. The number of aromatic nitrogens is 6. The zero-order chi connectivity index (χ0) is 74.9. The molecule has 3 aromatic heterocycles. The van der Waals surface area contributed by atoms with Gasteiger partial charge in [-0.3, -0.25) is 28.8 Å². The van der Waals surface area contributed by atoms with Gasteiger partial charge in [-0.1, -0.05) is 104 Å². The van der Waals surface area contributed by atoms with E-state index in [1.807, 2.05) is 55.5 Å². The number of aryl methyl sites for hydroxylation is 3. The number of carbonyl (C=O) groups excluding carboxylic acids is 6. The smallest absolute Gasteiger partial charge is 0.383 e. The van der Waals surface area contributed by atoms with E-state index < -0.39 is 58.6 Å². The van der Waals surface area contributed by atoms with Crippen molar-refractivity contribution in [3.8, 4) is 33.8 Å². The molecule has 28 heteroatoms. The number of halogens is 6. The number of nitrogens with one attached hydrogen (secondary N) is 3. The lowest BCUT2D eigenvalue weighted by Crippen LogP contribution is -2.43. The van der Waals surface area contributed by atoms with E-state index in [1.54, 1.807) is 54.4 Å². The molecule has 103 heavy (non-hydrogen) atoms. The van der Waals surface area contributed by atoms with Gasteiger partial charge in [0.25, 0.3) is 35.4 Å². The molecule has 1 aliphatic heterocycles. The predicted molar refractivity (Wildman–Crippen MR) is 379 cm³/mol. The summed E-state index contributed by atoms with van der Waals surface area (Å²) in [4.78, 5) is 73.7. The molecule has 0 bridgehead atoms. The second-order valence-corrected chi connectivity index (χ2v) is 26.3. The van der Waals surface area contributed by atoms with E-state index in [1.165, 1.54) is 61.4 Å². The SMILES string of the molecule is Cc1ccc(F)cc1C(=O)NCc1ccc(-c2nn(C(C)(C)C(F)(F)F)c(N)c2C(N)=O)cc1.Cc1ccc(F)cc1C(=O)NCc1ccc(-c2nn(C(C)C3CCCC3)c(N)c2C(N)=O)cc1.Cc1ccc(F)cc1C(=O)NCc1ccc(-c2nn(C(C)C3CCCOC3)c(N)c2C(N)=O)cc1. The summed E-state index contributed by atoms with van der Waals surface area (Å²) < 4.78 is 90.6. The van der Waals surface area contributed by atoms with Crippen LogP contribution in [0.25, 0.3) is 33.8 Å². The number of ether oxygens (including phenoxy) is 1. The molecule has 15 N–H and O–H groups in total. The summed E-state index contributed by atoms with van der Waals surface area (Å²) in [7, 11) is 0. The third kappa shape index (κ3) is 17.4. The van der Waals surface area contributed by atoms with Crippen LogP contribution in [0.15, 0.2) is 127 Å². The summed E-state index contributed by atoms with van der Waals surface area (Å²) in [5.74, 6) is -4.10. The van der Waals surface area contributed by atoms with E-state index in [-0.39, 0.29) is 83.2 Å². The third-order valence-electron chi connectivity index (χ3n) is 18.9. The lowest BCUT2D eigenvalue weighted by Gasteiger charge is -2.29. The Morgan fingerprint density at radius 3 is 1.13 bits per heavy atom. The van der Waals surface area contributed by atoms with Crippen LogP contribution >= 0.6 is 0 Å². The van der Waals surface area contributed by atoms with Crippen LogP contribution in [-0.2, 0) is 29.9 Å². The molecule has 6 amide bonds. The molecular weight excluding hydrogens is 1340 g/mol. The maximum absolute atomic E-state index is 13.5. The number of benzene rings is 6. The average molecular weight is 1420 g/mol. The van der Waals surface area contributed by atoms with Crippen molar-refractivity contribution in [3.63, 3.8) is 0 Å². The molecule has 1 saturated heterocycles. The van der Waals surface area contributed by atoms with Gasteiger partial charge in [-0.25, -0.2) is 27.2 Å². The van der Waals surface area contributed by atoms with E-state index >= 15 is 0 Å². The molecule has 3 atom stereocenters. The van der Waals surface area contributed by atoms with Gasteiger partial charge < -0.3 is 55.1 Å². The molecule has 11 rings (SSSR count). The van der Waals surface area contributed by atoms with Crippen molar-refractivity contribution >= 4 is 52.9 Å². The number of alkyl halides is 3. The first kappa shape index (κ1) is 75.9. The van der Waals surface area contributed by atoms with E-state index in [0.717, 1.165) is 63.3 Å². The van der Waals surface area contributed by atoms with Gasteiger partial charge in [-0.15, -0.1) is 0 Å². The highest BCUT2D eigenvalue weighted by molar-refractivity contribution is 6.05. The fourth-order valence-electron chi connectivity index (χ4n) is 12.5. The van der Waals surface area contributed by atoms with Crippen LogP contribution in [0.1, 0.15) is 174 Å². The second kappa shape index (κ2) is 32.1. The summed E-state index contributed by atoms with van der Waals surface area (Å²) in [5, 5.41) is 21.6. The summed E-state index contributed by atoms with van der Waals surface area (Å²) in [6, 6.07) is 33.0. The average Bonchev–Trinajstić information content (AvgIpc) is 1.62. The number of amides is 6. The normalized spacial score (nSPS) is 14.5. The minimum absolute atomic E-state index is 0.0529. The number of nitrogens with two attached hydrogens (primary N) is 6. The number of hydrogen-bond acceptors (Lipinski definition) is 13. The standard InChI is InChI=1S/C26H30FN5O3.C26H30FN5O2.C23H23F4N5O2/c1-15-5-10-20(27)12-21(15)26(34)30-13-17-6-8-18(9-7-17)23-22(25(29)33)24(28)32(31-23)16(2)19-4-3-11-35-14-19;1-15-7-12-20(27)13-21(15)26(34)30-14-17-8-10-19(11-9-17)23-22(25(29)33)24(28)32(31-23)16(2)18-5-3-4-6-18;1-12-4-9-15(24)10-16(12)21(34)30-11-13-5-7-14(8-6-13)18-17(20(29)33)19(28)32(31-18)22(2,3)23(25,26)27/h5-10,12,16,19H,3-4,11,13-14,28H2,1-2H3,(H2,29,33)(H,30,34);7-13,16,18H,3-6,14,28H2,1-2H3,(H2,29,33)(H,30,34);4-10H,11,28H2,1-3H3,(H2,29,33)(H,30,34). The first-order valence-electron chi connectivity index (χ1n) is 33.4. The Hall–Kier alpha value is -11.3. The molecule has 6 aromatic carbocycles. The number of carbonyl (C=O) groups is 6. The van der Waals surface area contributed by atoms with Crippen LogP contribution < -0.4 is 50.4 Å². The van der Waals surface area contributed by atoms with Crippen molar-refractivity contribution in [2.75, 3.05) is 30.4 Å². The Morgan fingerprint density at radius 2 is 0.806 bits per heavy atom. The molecule has 3 unspecified atom stereocenters. The van der Waals surface area contributed by atoms with Crippen LogP contribution in [-0.4, -0.2) is 84.2 Å². The van der Waals surface area contributed by atoms with Crippen LogP contribution in [0.5, 0.6) is 0 Å². The molecule has 1 saturated carbocycles. The summed E-state index contributed by atoms with van der Waals surface area (Å²) in [5.41, 5.74) is 40.5. The molecule has 22 nitrogen and oxygen atoms in total. The van der Waals surface area contributed by atoms with Gasteiger partial charge in [0.1, 0.15) is 68.7 Å². The lowest BCUT2D eigenvalue weighted by molar-refractivity contribution is -0.205. The Morgan fingerprint density at radius 1 is 0.485 bits per heavy atom. The van der Waals surface area contributed by atoms with Crippen LogP contribution in [0, 0.1) is 50.1 Å². The van der Waals surface area contributed by atoms with Crippen LogP contribution in [0.4, 0.5) is 43.8 Å². The summed E-state index contributed by atoms with van der Waals surface area (Å²) >= 11 is 0. The minimum atomic E-state index is -4.69. The number of nitrogens with zero attached hydrogens (tertiary/aromatic N) is 6. The van der Waals surface area contributed by atoms with Gasteiger partial charge in [-0.2, -0.15) is 28.5 Å². The molecule has 542 valence electrons. The van der Waals surface area contributed by atoms with Crippen LogP contribution in [0.3, 0.4) is 0 Å². The topological polar surface area (TPSA) is 357 Å². The van der Waals surface area contributed by atoms with Crippen molar-refractivity contribution in [3.05, 3.63) is 212 Å². The summed E-state index contributed by atoms with van der Waals surface area (Å²) in [6.07, 6.45) is 1.92. The Labute approximate surface area is 590 Å². The quantitative estimate of drug-likeness (QED) is 0.0321. The van der Waals surface area contributed by atoms with E-state index in [9.17, 15) is 55.1 Å². The Kier molecular flexibility index (Phi) is 23.7. The first-order valence-corrected chi connectivity index (χ1v) is 33.4. The highest BCUT2D eigenvalue weighted by atomic mass is 19.4. The number of anilines is 3. The van der Waals surface area contributed by atoms with Gasteiger partial charge in [-0.05, 0) is 150 Å². The highest BCUT2D eigenvalue weighted by Gasteiger charge is 2.51. The Balaban J connectivity index is 0.000000179. The number of nitrogen functional groups attached to an aromatic ring is 3. The fourth-order valence-corrected chi connectivity index (χ4v) is 12.5. The maximum Gasteiger partial charge on any atom is 0.413 e. The molecular formula is C75H83F6N15O7. The zero-order valence-corrected chi connectivity index (χ0v) is 58.0. The molecule has 9 aromatic rings. The number of primary amides is 3. The number of rotatable bonds is 20. The molecule has 0 spiro atoms. The van der Waals surface area contributed by atoms with Gasteiger partial charge >= 0.3 is 6.18 Å². The monoisotopic (exact) mass is 1420 g/mol. The third-order valence-corrected chi connectivity index (χ3v) is 18.9. The van der Waals surface area contributed by atoms with E-state index in [0.29, 0.717) is 84.5 Å². The van der Waals surface area contributed by atoms with Gasteiger partial charge in [0.2, 0.25) is 0 Å². The lowest BCUT2D eigenvalue weighted by atomic mass is 9.95. The highest BCUT2D eigenvalue weighted by Crippen LogP contribution is 2.42. The first-order chi connectivity index (χ1) is 48.7. The predicted octanol–water partition coefficient (Wildman–Crippen LogP) is 11.9. The molecule has 2 aliphatic rings. The van der Waals surface area contributed by atoms with Crippen molar-refractivity contribution in [1.29, 1.82) is 0 Å². The molecule has 0 radical (unpaired) electrons. The van der Waals surface area contributed by atoms with Crippen molar-refractivity contribution < 1.29 is 59.8 Å². The molecule has 2 fully saturated rings. The van der Waals surface area contributed by atoms with Gasteiger partial charge in [0, 0.05) is 65.5 Å². The fraction of sp³-hybridized carbons (Fsp3) is 0.320. The Bertz CT molecular complexity index is 4610. The molecule has 1 aliphatic carbocycles. The van der Waals surface area contributed by atoms with Gasteiger partial charge in [0.05, 0.1) is 18.7 Å². The van der Waals surface area contributed by atoms with E-state index in [2.05, 4.69) is 33.1 Å². The van der Waals surface area contributed by atoms with E-state index in [4.69, 9.17) is 44.2 Å². The largest absolute Gasteiger partial charge is 0.413 e. The second-order valence-electron chi connectivity index (χ2n) is 26.3. The van der Waals surface area contributed by atoms with Crippen molar-refractivity contribution in [2.24, 2.45) is 29.0 Å². The van der Waals surface area contributed by atoms with Crippen molar-refractivity contribution in [2.45, 2.75) is 130 Å². The molecule has 4 heterocycles. The van der Waals surface area contributed by atoms with Crippen molar-refractivity contribution in [1.82, 2.24) is 45.3 Å².